The average Bonchev–Trinajstić information content (AvgIpc) is 3.69. The van der Waals surface area contributed by atoms with Crippen molar-refractivity contribution < 1.29 is 34.0 Å². The zero-order valence-corrected chi connectivity index (χ0v) is 29.0. The number of esters is 1. The van der Waals surface area contributed by atoms with Gasteiger partial charge in [-0.25, -0.2) is 4.79 Å². The maximum Gasteiger partial charge on any atom is 0.355 e. The molecule has 51 heavy (non-hydrogen) atoms. The van der Waals surface area contributed by atoms with Crippen molar-refractivity contribution in [3.63, 3.8) is 0 Å². The first-order valence-electron chi connectivity index (χ1n) is 17.5. The molecule has 1 saturated heterocycles. The Balaban J connectivity index is 1.16. The number of rotatable bonds is 13. The summed E-state index contributed by atoms with van der Waals surface area (Å²) < 4.78 is 25.0. The molecule has 1 aliphatic heterocycles. The third-order valence-electron chi connectivity index (χ3n) is 9.74. The number of benzene rings is 4. The SMILES string of the molecule is CCOC(=O)c1[nH]c2c(-c3c(COc4ccc(C5(O)CCOCC5)cc4)nn(C)c3CO)cccc2c1CCCOc1cccc2ccccc12. The topological polar surface area (TPSA) is 128 Å². The lowest BCUT2D eigenvalue weighted by Crippen LogP contribution is -2.33. The van der Waals surface area contributed by atoms with Gasteiger partial charge in [0.1, 0.15) is 29.5 Å². The first kappa shape index (κ1) is 34.3. The molecule has 4 aromatic carbocycles. The quantitative estimate of drug-likeness (QED) is 0.0876. The molecule has 10 nitrogen and oxygen atoms in total. The number of hydrogen-bond donors (Lipinski definition) is 3. The van der Waals surface area contributed by atoms with Crippen LogP contribution < -0.4 is 9.47 Å². The summed E-state index contributed by atoms with van der Waals surface area (Å²) in [6, 6.07) is 27.6. The Labute approximate surface area is 296 Å². The van der Waals surface area contributed by atoms with E-state index < -0.39 is 11.6 Å². The number of aromatic amines is 1. The number of nitrogens with one attached hydrogen (secondary N) is 1. The van der Waals surface area contributed by atoms with E-state index in [9.17, 15) is 15.0 Å². The van der Waals surface area contributed by atoms with Gasteiger partial charge in [0.2, 0.25) is 0 Å². The number of H-pyrrole nitrogens is 1. The van der Waals surface area contributed by atoms with E-state index >= 15 is 0 Å². The smallest absolute Gasteiger partial charge is 0.355 e. The highest BCUT2D eigenvalue weighted by Gasteiger charge is 2.32. The molecule has 6 aromatic rings. The van der Waals surface area contributed by atoms with E-state index in [-0.39, 0.29) is 19.8 Å². The van der Waals surface area contributed by atoms with Crippen LogP contribution in [0, 0.1) is 0 Å². The van der Waals surface area contributed by atoms with Crippen molar-refractivity contribution in [3.8, 4) is 22.6 Å². The fraction of sp³-hybridized carbons (Fsp3) is 0.317. The molecule has 0 bridgehead atoms. The molecule has 0 atom stereocenters. The highest BCUT2D eigenvalue weighted by atomic mass is 16.5. The lowest BCUT2D eigenvalue weighted by molar-refractivity contribution is -0.0679. The zero-order chi connectivity index (χ0) is 35.4. The summed E-state index contributed by atoms with van der Waals surface area (Å²) in [6.07, 6.45) is 2.36. The first-order valence-corrected chi connectivity index (χ1v) is 17.5. The molecule has 0 amide bonds. The Morgan fingerprint density at radius 2 is 1.71 bits per heavy atom. The number of para-hydroxylation sites is 1. The molecule has 0 saturated carbocycles. The van der Waals surface area contributed by atoms with E-state index in [0.29, 0.717) is 68.3 Å². The number of fused-ring (bicyclic) bond motifs is 2. The van der Waals surface area contributed by atoms with E-state index in [1.54, 1.807) is 18.7 Å². The third kappa shape index (κ3) is 6.95. The van der Waals surface area contributed by atoms with E-state index in [1.807, 2.05) is 66.7 Å². The molecule has 2 aromatic heterocycles. The van der Waals surface area contributed by atoms with Crippen LogP contribution in [0.3, 0.4) is 0 Å². The Bertz CT molecular complexity index is 2140. The number of aliphatic hydroxyl groups excluding tert-OH is 1. The van der Waals surface area contributed by atoms with Gasteiger partial charge in [-0.3, -0.25) is 4.68 Å². The van der Waals surface area contributed by atoms with E-state index in [1.165, 1.54) is 0 Å². The number of ether oxygens (including phenoxy) is 4. The number of hydrogen-bond acceptors (Lipinski definition) is 8. The Morgan fingerprint density at radius 1 is 0.961 bits per heavy atom. The summed E-state index contributed by atoms with van der Waals surface area (Å²) in [7, 11) is 1.79. The molecule has 1 fully saturated rings. The molecular formula is C41H43N3O7. The van der Waals surface area contributed by atoms with Gasteiger partial charge in [-0.15, -0.1) is 0 Å². The molecule has 0 spiro atoms. The lowest BCUT2D eigenvalue weighted by atomic mass is 9.86. The van der Waals surface area contributed by atoms with Crippen molar-refractivity contribution in [2.75, 3.05) is 26.4 Å². The molecule has 0 aliphatic carbocycles. The largest absolute Gasteiger partial charge is 0.493 e. The van der Waals surface area contributed by atoms with Crippen LogP contribution in [0.15, 0.2) is 84.9 Å². The molecule has 3 heterocycles. The second-order valence-electron chi connectivity index (χ2n) is 12.9. The molecule has 0 unspecified atom stereocenters. The maximum absolute atomic E-state index is 13.3. The van der Waals surface area contributed by atoms with Gasteiger partial charge in [0.25, 0.3) is 0 Å². The van der Waals surface area contributed by atoms with Crippen LogP contribution in [-0.2, 0) is 41.8 Å². The number of nitrogens with zero attached hydrogens (tertiary/aromatic N) is 2. The fourth-order valence-electron chi connectivity index (χ4n) is 7.10. The van der Waals surface area contributed by atoms with Gasteiger partial charge in [0.05, 0.1) is 36.6 Å². The number of carbonyl (C=O) groups is 1. The summed E-state index contributed by atoms with van der Waals surface area (Å²) in [5, 5.41) is 29.4. The summed E-state index contributed by atoms with van der Waals surface area (Å²) >= 11 is 0. The van der Waals surface area contributed by atoms with Crippen LogP contribution in [0.4, 0.5) is 0 Å². The lowest BCUT2D eigenvalue weighted by Gasteiger charge is -2.32. The Hall–Kier alpha value is -5.16. The van der Waals surface area contributed by atoms with Crippen molar-refractivity contribution in [3.05, 3.63) is 113 Å². The number of carbonyl (C=O) groups excluding carboxylic acids is 1. The molecule has 3 N–H and O–H groups in total. The van der Waals surface area contributed by atoms with Crippen molar-refractivity contribution in [2.24, 2.45) is 7.05 Å². The standard InChI is InChI=1S/C41H43N3O7/c1-3-49-40(46)39-32(14-8-22-50-36-15-6-10-27-9-4-5-11-30(27)36)31-12-7-13-33(38(31)42-39)37-34(43-44(2)35(37)25-45)26-51-29-18-16-28(17-19-29)41(47)20-23-48-24-21-41/h4-7,9-13,15-19,42,45,47H,3,8,14,20-26H2,1-2H3. The van der Waals surface area contributed by atoms with E-state index in [2.05, 4.69) is 23.2 Å². The second-order valence-corrected chi connectivity index (χ2v) is 12.9. The molecule has 264 valence electrons. The van der Waals surface area contributed by atoms with Gasteiger partial charge >= 0.3 is 5.97 Å². The minimum Gasteiger partial charge on any atom is -0.493 e. The Kier molecular flexibility index (Phi) is 10.1. The summed E-state index contributed by atoms with van der Waals surface area (Å²) in [6.45, 7) is 3.46. The number of aromatic nitrogens is 3. The van der Waals surface area contributed by atoms with Crippen LogP contribution in [0.1, 0.15) is 59.2 Å². The van der Waals surface area contributed by atoms with Gasteiger partial charge in [0.15, 0.2) is 0 Å². The van der Waals surface area contributed by atoms with Crippen molar-refractivity contribution in [1.29, 1.82) is 0 Å². The minimum atomic E-state index is -0.902. The molecule has 0 radical (unpaired) electrons. The molecule has 1 aliphatic rings. The highest BCUT2D eigenvalue weighted by Crippen LogP contribution is 2.38. The number of aliphatic hydroxyl groups is 2. The highest BCUT2D eigenvalue weighted by molar-refractivity contribution is 6.04. The summed E-state index contributed by atoms with van der Waals surface area (Å²) in [5.74, 6) is 1.04. The second kappa shape index (κ2) is 15.0. The van der Waals surface area contributed by atoms with E-state index in [0.717, 1.165) is 49.7 Å². The normalized spacial score (nSPS) is 14.2. The average molecular weight is 690 g/mol. The van der Waals surface area contributed by atoms with Crippen LogP contribution >= 0.6 is 0 Å². The van der Waals surface area contributed by atoms with Crippen LogP contribution in [0.2, 0.25) is 0 Å². The monoisotopic (exact) mass is 689 g/mol. The maximum atomic E-state index is 13.3. The van der Waals surface area contributed by atoms with Crippen molar-refractivity contribution >= 4 is 27.6 Å². The van der Waals surface area contributed by atoms with Crippen LogP contribution in [0.5, 0.6) is 11.5 Å². The van der Waals surface area contributed by atoms with Gasteiger partial charge in [-0.2, -0.15) is 5.10 Å². The third-order valence-corrected chi connectivity index (χ3v) is 9.74. The van der Waals surface area contributed by atoms with Gasteiger partial charge < -0.3 is 34.1 Å². The van der Waals surface area contributed by atoms with Crippen LogP contribution in [0.25, 0.3) is 32.8 Å². The summed E-state index contributed by atoms with van der Waals surface area (Å²) in [4.78, 5) is 16.7. The van der Waals surface area contributed by atoms with Crippen molar-refractivity contribution in [1.82, 2.24) is 14.8 Å². The minimum absolute atomic E-state index is 0.140. The summed E-state index contributed by atoms with van der Waals surface area (Å²) in [5.41, 5.74) is 4.74. The van der Waals surface area contributed by atoms with Gasteiger partial charge in [-0.05, 0) is 54.5 Å². The van der Waals surface area contributed by atoms with E-state index in [4.69, 9.17) is 24.0 Å². The van der Waals surface area contributed by atoms with Crippen molar-refractivity contribution in [2.45, 2.75) is 51.4 Å². The molecule has 10 heteroatoms. The zero-order valence-electron chi connectivity index (χ0n) is 29.0. The predicted molar refractivity (Wildman–Crippen MR) is 195 cm³/mol. The van der Waals surface area contributed by atoms with Gasteiger partial charge in [-0.1, -0.05) is 66.7 Å². The predicted octanol–water partition coefficient (Wildman–Crippen LogP) is 6.98. The fourth-order valence-corrected chi connectivity index (χ4v) is 7.10. The Morgan fingerprint density at radius 3 is 2.49 bits per heavy atom. The van der Waals surface area contributed by atoms with Gasteiger partial charge in [0, 0.05) is 55.0 Å². The van der Waals surface area contributed by atoms with Crippen LogP contribution in [-0.4, -0.2) is 57.4 Å². The molecular weight excluding hydrogens is 646 g/mol. The molecule has 7 rings (SSSR count). The number of aryl methyl sites for hydroxylation is 2. The first-order chi connectivity index (χ1) is 24.9.